The highest BCUT2D eigenvalue weighted by Gasteiger charge is 2.25. The third-order valence-corrected chi connectivity index (χ3v) is 3.50. The average molecular weight is 269 g/mol. The molecule has 1 saturated carbocycles. The minimum atomic E-state index is -0.209. The van der Waals surface area contributed by atoms with Crippen molar-refractivity contribution in [3.63, 3.8) is 0 Å². The first kappa shape index (κ1) is 16.0. The van der Waals surface area contributed by atoms with Gasteiger partial charge in [0.2, 0.25) is 11.8 Å². The molecule has 19 heavy (non-hydrogen) atoms. The van der Waals surface area contributed by atoms with E-state index < -0.39 is 0 Å². The van der Waals surface area contributed by atoms with E-state index in [1.165, 1.54) is 0 Å². The summed E-state index contributed by atoms with van der Waals surface area (Å²) >= 11 is 0. The molecule has 5 nitrogen and oxygen atoms in total. The molecule has 0 atom stereocenters. The van der Waals surface area contributed by atoms with Crippen molar-refractivity contribution in [1.82, 2.24) is 10.6 Å². The largest absolute Gasteiger partial charge is 0.369 e. The fourth-order valence-electron chi connectivity index (χ4n) is 2.37. The van der Waals surface area contributed by atoms with E-state index in [2.05, 4.69) is 31.4 Å². The Bertz CT molecular complexity index is 315. The molecule has 5 heteroatoms. The summed E-state index contributed by atoms with van der Waals surface area (Å²) in [6.07, 6.45) is 3.78. The monoisotopic (exact) mass is 269 g/mol. The summed E-state index contributed by atoms with van der Waals surface area (Å²) in [6.45, 7) is 6.92. The predicted molar refractivity (Wildman–Crippen MR) is 75.5 cm³/mol. The third kappa shape index (κ3) is 6.57. The zero-order valence-electron chi connectivity index (χ0n) is 12.3. The lowest BCUT2D eigenvalue weighted by molar-refractivity contribution is -0.123. The molecule has 0 aromatic carbocycles. The van der Waals surface area contributed by atoms with Crippen LogP contribution in [0.5, 0.6) is 0 Å². The van der Waals surface area contributed by atoms with Gasteiger partial charge in [0.25, 0.3) is 0 Å². The van der Waals surface area contributed by atoms with E-state index >= 15 is 0 Å². The van der Waals surface area contributed by atoms with Crippen LogP contribution in [0.15, 0.2) is 0 Å². The summed E-state index contributed by atoms with van der Waals surface area (Å²) < 4.78 is 0. The molecule has 0 heterocycles. The molecular formula is C14H27N3O2. The SMILES string of the molecule is CC(C)(C)NCCC(=O)NC1CCC(C(N)=O)CC1. The van der Waals surface area contributed by atoms with Gasteiger partial charge >= 0.3 is 0 Å². The number of carbonyl (C=O) groups excluding carboxylic acids is 2. The van der Waals surface area contributed by atoms with Crippen molar-refractivity contribution in [2.45, 2.75) is 64.5 Å². The van der Waals surface area contributed by atoms with Gasteiger partial charge in [0.05, 0.1) is 0 Å². The normalized spacial score (nSPS) is 23.9. The fourth-order valence-corrected chi connectivity index (χ4v) is 2.37. The van der Waals surface area contributed by atoms with Gasteiger partial charge in [-0.15, -0.1) is 0 Å². The van der Waals surface area contributed by atoms with Crippen molar-refractivity contribution < 1.29 is 9.59 Å². The summed E-state index contributed by atoms with van der Waals surface area (Å²) in [5.74, 6) is -0.130. The van der Waals surface area contributed by atoms with Crippen LogP contribution in [0.4, 0.5) is 0 Å². The molecule has 0 saturated heterocycles. The smallest absolute Gasteiger partial charge is 0.221 e. The molecule has 0 spiro atoms. The first-order valence-electron chi connectivity index (χ1n) is 7.11. The Morgan fingerprint density at radius 3 is 2.21 bits per heavy atom. The summed E-state index contributed by atoms with van der Waals surface area (Å²) in [7, 11) is 0. The number of nitrogens with one attached hydrogen (secondary N) is 2. The molecule has 1 aliphatic carbocycles. The third-order valence-electron chi connectivity index (χ3n) is 3.50. The van der Waals surface area contributed by atoms with E-state index in [1.54, 1.807) is 0 Å². The molecular weight excluding hydrogens is 242 g/mol. The van der Waals surface area contributed by atoms with Gasteiger partial charge in [-0.1, -0.05) is 0 Å². The molecule has 2 amide bonds. The molecule has 0 radical (unpaired) electrons. The number of nitrogens with two attached hydrogens (primary N) is 1. The Hall–Kier alpha value is -1.10. The van der Waals surface area contributed by atoms with Crippen molar-refractivity contribution >= 4 is 11.8 Å². The van der Waals surface area contributed by atoms with Crippen molar-refractivity contribution in [3.8, 4) is 0 Å². The molecule has 0 bridgehead atoms. The lowest BCUT2D eigenvalue weighted by Gasteiger charge is -2.27. The Morgan fingerprint density at radius 1 is 1.16 bits per heavy atom. The second-order valence-electron chi connectivity index (χ2n) is 6.45. The van der Waals surface area contributed by atoms with Gasteiger partial charge < -0.3 is 16.4 Å². The Kier molecular flexibility index (Phi) is 5.79. The van der Waals surface area contributed by atoms with Crippen LogP contribution in [0.3, 0.4) is 0 Å². The Balaban J connectivity index is 2.18. The quantitative estimate of drug-likeness (QED) is 0.694. The molecule has 0 unspecified atom stereocenters. The minimum absolute atomic E-state index is 0.00397. The van der Waals surface area contributed by atoms with E-state index in [4.69, 9.17) is 5.73 Å². The van der Waals surface area contributed by atoms with Gasteiger partial charge in [0.1, 0.15) is 0 Å². The molecule has 0 aromatic rings. The first-order chi connectivity index (χ1) is 8.78. The van der Waals surface area contributed by atoms with E-state index in [1.807, 2.05) is 0 Å². The summed E-state index contributed by atoms with van der Waals surface area (Å²) in [5, 5.41) is 6.32. The molecule has 1 fully saturated rings. The molecule has 1 aliphatic rings. The number of rotatable bonds is 5. The van der Waals surface area contributed by atoms with Crippen LogP contribution in [0.2, 0.25) is 0 Å². The van der Waals surface area contributed by atoms with E-state index in [0.29, 0.717) is 13.0 Å². The molecule has 110 valence electrons. The molecule has 0 aromatic heterocycles. The number of primary amides is 1. The van der Waals surface area contributed by atoms with Crippen LogP contribution in [-0.2, 0) is 9.59 Å². The molecule has 1 rings (SSSR count). The maximum atomic E-state index is 11.8. The van der Waals surface area contributed by atoms with Gasteiger partial charge in [-0.3, -0.25) is 9.59 Å². The lowest BCUT2D eigenvalue weighted by atomic mass is 9.85. The van der Waals surface area contributed by atoms with Gasteiger partial charge in [0.15, 0.2) is 0 Å². The van der Waals surface area contributed by atoms with Crippen LogP contribution < -0.4 is 16.4 Å². The standard InChI is InChI=1S/C14H27N3O2/c1-14(2,3)16-9-8-12(18)17-11-6-4-10(5-7-11)13(15)19/h10-11,16H,4-9H2,1-3H3,(H2,15,19)(H,17,18). The van der Waals surface area contributed by atoms with Gasteiger partial charge in [-0.05, 0) is 46.5 Å². The molecule has 0 aliphatic heterocycles. The highest BCUT2D eigenvalue weighted by molar-refractivity contribution is 5.77. The summed E-state index contributed by atoms with van der Waals surface area (Å²) in [4.78, 5) is 22.8. The second-order valence-corrected chi connectivity index (χ2v) is 6.45. The van der Waals surface area contributed by atoms with Crippen molar-refractivity contribution in [1.29, 1.82) is 0 Å². The van der Waals surface area contributed by atoms with Gasteiger partial charge in [0, 0.05) is 30.5 Å². The Morgan fingerprint density at radius 2 is 1.74 bits per heavy atom. The van der Waals surface area contributed by atoms with Gasteiger partial charge in [-0.25, -0.2) is 0 Å². The number of hydrogen-bond acceptors (Lipinski definition) is 3. The van der Waals surface area contributed by atoms with Crippen LogP contribution in [0, 0.1) is 5.92 Å². The van der Waals surface area contributed by atoms with E-state index in [0.717, 1.165) is 25.7 Å². The minimum Gasteiger partial charge on any atom is -0.369 e. The van der Waals surface area contributed by atoms with Crippen LogP contribution in [-0.4, -0.2) is 29.9 Å². The van der Waals surface area contributed by atoms with Crippen molar-refractivity contribution in [2.75, 3.05) is 6.54 Å². The van der Waals surface area contributed by atoms with E-state index in [9.17, 15) is 9.59 Å². The van der Waals surface area contributed by atoms with Crippen molar-refractivity contribution in [3.05, 3.63) is 0 Å². The van der Waals surface area contributed by atoms with Gasteiger partial charge in [-0.2, -0.15) is 0 Å². The number of carbonyl (C=O) groups is 2. The maximum absolute atomic E-state index is 11.8. The Labute approximate surface area is 115 Å². The number of hydrogen-bond donors (Lipinski definition) is 3. The van der Waals surface area contributed by atoms with Crippen LogP contribution >= 0.6 is 0 Å². The number of amides is 2. The fraction of sp³-hybridized carbons (Fsp3) is 0.857. The van der Waals surface area contributed by atoms with Crippen LogP contribution in [0.25, 0.3) is 0 Å². The lowest BCUT2D eigenvalue weighted by Crippen LogP contribution is -2.42. The van der Waals surface area contributed by atoms with Crippen LogP contribution in [0.1, 0.15) is 52.9 Å². The zero-order chi connectivity index (χ0) is 14.5. The zero-order valence-corrected chi connectivity index (χ0v) is 12.3. The average Bonchev–Trinajstić information content (AvgIpc) is 2.27. The summed E-state index contributed by atoms with van der Waals surface area (Å²) in [6, 6.07) is 0.206. The van der Waals surface area contributed by atoms with E-state index in [-0.39, 0.29) is 29.3 Å². The second kappa shape index (κ2) is 6.89. The topological polar surface area (TPSA) is 84.2 Å². The van der Waals surface area contributed by atoms with Crippen molar-refractivity contribution in [2.24, 2.45) is 11.7 Å². The molecule has 4 N–H and O–H groups in total. The highest BCUT2D eigenvalue weighted by Crippen LogP contribution is 2.23. The maximum Gasteiger partial charge on any atom is 0.221 e. The highest BCUT2D eigenvalue weighted by atomic mass is 16.2. The summed E-state index contributed by atoms with van der Waals surface area (Å²) in [5.41, 5.74) is 5.33. The predicted octanol–water partition coefficient (Wildman–Crippen LogP) is 0.925. The first-order valence-corrected chi connectivity index (χ1v) is 7.11.